The van der Waals surface area contributed by atoms with Gasteiger partial charge in [-0.2, -0.15) is 0 Å². The topological polar surface area (TPSA) is 30.0 Å². The third-order valence-corrected chi connectivity index (χ3v) is 2.64. The molecule has 0 bridgehead atoms. The molecule has 0 N–H and O–H groups in total. The van der Waals surface area contributed by atoms with Crippen LogP contribution in [0.5, 0.6) is 0 Å². The summed E-state index contributed by atoms with van der Waals surface area (Å²) in [7, 11) is 0. The number of ketones is 1. The van der Waals surface area contributed by atoms with Crippen molar-refractivity contribution in [1.29, 1.82) is 0 Å². The van der Waals surface area contributed by atoms with Gasteiger partial charge in [0.25, 0.3) is 0 Å². The summed E-state index contributed by atoms with van der Waals surface area (Å²) in [5, 5.41) is 0. The fourth-order valence-electron chi connectivity index (χ4n) is 1.60. The maximum absolute atomic E-state index is 11.6. The van der Waals surface area contributed by atoms with Crippen LogP contribution in [-0.4, -0.2) is 10.8 Å². The molecule has 0 spiro atoms. The number of nitrogens with zero attached hydrogens (tertiary/aromatic N) is 1. The van der Waals surface area contributed by atoms with Crippen LogP contribution in [0.2, 0.25) is 0 Å². The molecule has 2 aliphatic rings. The number of rotatable bonds is 3. The van der Waals surface area contributed by atoms with Crippen LogP contribution in [0.15, 0.2) is 30.6 Å². The van der Waals surface area contributed by atoms with Crippen molar-refractivity contribution in [3.8, 4) is 0 Å². The first kappa shape index (κ1) is 18.1. The minimum Gasteiger partial charge on any atom is -0.294 e. The zero-order valence-electron chi connectivity index (χ0n) is 11.4. The summed E-state index contributed by atoms with van der Waals surface area (Å²) in [6, 6.07) is 3.71. The Hall–Kier alpha value is -0.921. The van der Waals surface area contributed by atoms with E-state index in [9.17, 15) is 4.79 Å². The number of carbonyl (C=O) groups excluding carboxylic acids is 1. The molecule has 1 heterocycles. The molecule has 0 amide bonds. The number of aromatic nitrogens is 1. The molecule has 21 heavy (non-hydrogen) atoms. The number of hydrogen-bond acceptors (Lipinski definition) is 2. The Morgan fingerprint density at radius 1 is 0.857 bits per heavy atom. The molecule has 0 aromatic carbocycles. The van der Waals surface area contributed by atoms with Crippen LogP contribution in [0.25, 0.3) is 6.08 Å². The average molecular weight is 317 g/mol. The number of allylic oxidation sites excluding steroid dienone is 1. The van der Waals surface area contributed by atoms with E-state index in [2.05, 4.69) is 4.98 Å². The fraction of sp³-hybridized carbons (Fsp3) is 0. The molecule has 1 aromatic heterocycles. The van der Waals surface area contributed by atoms with E-state index in [1.54, 1.807) is 37.4 Å². The van der Waals surface area contributed by atoms with Gasteiger partial charge in [0, 0.05) is 12.4 Å². The Morgan fingerprint density at radius 2 is 1.38 bits per heavy atom. The van der Waals surface area contributed by atoms with Crippen LogP contribution in [0.4, 0.5) is 0 Å². The van der Waals surface area contributed by atoms with E-state index in [4.69, 9.17) is 0 Å². The molecule has 2 aliphatic carbocycles. The van der Waals surface area contributed by atoms with Crippen LogP contribution in [0, 0.1) is 63.7 Å². The predicted molar refractivity (Wildman–Crippen MR) is 80.2 cm³/mol. The molecule has 3 heteroatoms. The van der Waals surface area contributed by atoms with Crippen LogP contribution in [0.1, 0.15) is 5.56 Å². The summed E-state index contributed by atoms with van der Waals surface area (Å²) in [5.41, 5.74) is 0.977. The van der Waals surface area contributed by atoms with Gasteiger partial charge in [0.05, 0.1) is 5.92 Å². The molecule has 2 saturated carbocycles. The van der Waals surface area contributed by atoms with Gasteiger partial charge in [-0.25, -0.2) is 0 Å². The summed E-state index contributed by atoms with van der Waals surface area (Å²) in [4.78, 5) is 15.5. The Kier molecular flexibility index (Phi) is 9.29. The Morgan fingerprint density at radius 3 is 1.90 bits per heavy atom. The van der Waals surface area contributed by atoms with Crippen LogP contribution in [-0.2, 0) is 21.9 Å². The van der Waals surface area contributed by atoms with Gasteiger partial charge in [0.15, 0.2) is 5.78 Å². The van der Waals surface area contributed by atoms with E-state index in [1.165, 1.54) is 0 Å². The Balaban J connectivity index is 0.000000313. The van der Waals surface area contributed by atoms with Gasteiger partial charge in [0.2, 0.25) is 0 Å². The van der Waals surface area contributed by atoms with Gasteiger partial charge in [-0.3, -0.25) is 9.78 Å². The van der Waals surface area contributed by atoms with E-state index in [-0.39, 0.29) is 22.9 Å². The summed E-state index contributed by atoms with van der Waals surface area (Å²) >= 11 is 0. The van der Waals surface area contributed by atoms with Gasteiger partial charge < -0.3 is 0 Å². The second kappa shape index (κ2) is 10.8. The zero-order chi connectivity index (χ0) is 14.0. The van der Waals surface area contributed by atoms with Crippen molar-refractivity contribution >= 4 is 11.9 Å². The Labute approximate surface area is 138 Å². The molecule has 0 atom stereocenters. The standard InChI is InChI=1S/C13H10NO.C5H5.Fe/c15-13(12-3-1-2-4-12)6-5-11-7-9-14-10-8-11;1-2-4-5-3-1;/h1-10H;1-5H;/q;;+2/b6-5+;;. The molecular weight excluding hydrogens is 302 g/mol. The molecule has 0 saturated heterocycles. The van der Waals surface area contributed by atoms with E-state index in [1.807, 2.05) is 57.1 Å². The van der Waals surface area contributed by atoms with Gasteiger partial charge in [-0.15, -0.1) is 0 Å². The first-order valence-electron chi connectivity index (χ1n) is 6.37. The van der Waals surface area contributed by atoms with E-state index in [0.717, 1.165) is 11.5 Å². The predicted octanol–water partition coefficient (Wildman–Crippen LogP) is 3.09. The van der Waals surface area contributed by atoms with Crippen molar-refractivity contribution in [1.82, 2.24) is 4.98 Å². The van der Waals surface area contributed by atoms with Crippen molar-refractivity contribution < 1.29 is 21.9 Å². The number of pyridine rings is 1. The monoisotopic (exact) mass is 317 g/mol. The molecular formula is C18H15FeNO+2. The number of carbonyl (C=O) groups is 1. The fourth-order valence-corrected chi connectivity index (χ4v) is 1.60. The van der Waals surface area contributed by atoms with Crippen LogP contribution in [0.3, 0.4) is 0 Å². The summed E-state index contributed by atoms with van der Waals surface area (Å²) < 4.78 is 0. The van der Waals surface area contributed by atoms with E-state index < -0.39 is 0 Å². The molecule has 1 aromatic rings. The minimum absolute atomic E-state index is 0. The van der Waals surface area contributed by atoms with Crippen molar-refractivity contribution in [2.45, 2.75) is 0 Å². The molecule has 2 fully saturated rings. The largest absolute Gasteiger partial charge is 2.00 e. The number of hydrogen-bond donors (Lipinski definition) is 0. The smallest absolute Gasteiger partial charge is 0.294 e. The maximum Gasteiger partial charge on any atom is 2.00 e. The van der Waals surface area contributed by atoms with Crippen molar-refractivity contribution in [3.63, 3.8) is 0 Å². The first-order valence-corrected chi connectivity index (χ1v) is 6.37. The average Bonchev–Trinajstić information content (AvgIpc) is 3.20. The summed E-state index contributed by atoms with van der Waals surface area (Å²) in [5.74, 6) is 0.747. The third-order valence-electron chi connectivity index (χ3n) is 2.64. The van der Waals surface area contributed by atoms with Crippen molar-refractivity contribution in [2.24, 2.45) is 0 Å². The Bertz CT molecular complexity index is 412. The third kappa shape index (κ3) is 7.06. The van der Waals surface area contributed by atoms with Gasteiger partial charge in [0.1, 0.15) is 0 Å². The van der Waals surface area contributed by atoms with E-state index >= 15 is 0 Å². The first-order chi connectivity index (χ1) is 9.86. The van der Waals surface area contributed by atoms with Crippen LogP contribution < -0.4 is 0 Å². The normalized spacial score (nSPS) is 18.1. The maximum atomic E-state index is 11.6. The molecule has 0 aliphatic heterocycles. The molecule has 0 unspecified atom stereocenters. The molecule has 10 radical (unpaired) electrons. The van der Waals surface area contributed by atoms with Gasteiger partial charge in [-0.1, -0.05) is 6.08 Å². The van der Waals surface area contributed by atoms with Crippen molar-refractivity contribution in [2.75, 3.05) is 0 Å². The molecule has 104 valence electrons. The second-order valence-electron chi connectivity index (χ2n) is 4.11. The molecule has 3 rings (SSSR count). The zero-order valence-corrected chi connectivity index (χ0v) is 12.5. The van der Waals surface area contributed by atoms with Crippen molar-refractivity contribution in [3.05, 3.63) is 99.9 Å². The quantitative estimate of drug-likeness (QED) is 0.633. The van der Waals surface area contributed by atoms with Crippen LogP contribution >= 0.6 is 0 Å². The van der Waals surface area contributed by atoms with Gasteiger partial charge in [-0.05, 0) is 81.6 Å². The minimum atomic E-state index is 0. The van der Waals surface area contributed by atoms with Gasteiger partial charge >= 0.3 is 17.1 Å². The SMILES string of the molecule is O=C(/C=C/c1ccncc1)[C]1[CH][CH][CH][CH]1.[CH]1[CH][CH][CH][CH]1.[Fe+2]. The summed E-state index contributed by atoms with van der Waals surface area (Å²) in [6.45, 7) is 0. The summed E-state index contributed by atoms with van der Waals surface area (Å²) in [6.07, 6.45) is 24.1. The van der Waals surface area contributed by atoms with E-state index in [0.29, 0.717) is 0 Å². The second-order valence-corrected chi connectivity index (χ2v) is 4.11. The molecule has 2 nitrogen and oxygen atoms in total.